The fourth-order valence-electron chi connectivity index (χ4n) is 10.2. The normalized spacial score (nSPS) is 17.5. The summed E-state index contributed by atoms with van der Waals surface area (Å²) in [4.78, 5) is 11.4. The SMILES string of the molecule is CCC/C=C(\C)O.CCN(Cc1ccc(CCN2CCC(OCCOCCOc3ccc(C4=NC(C)c5nnc(C)n5-c5sc(C)c(C)c54)cc3)C2)cc1)c1cc(OC)ccc1C1CCc2cc(O)ccc2C1. The molecular formula is C60H76N6O6S. The van der Waals surface area contributed by atoms with Gasteiger partial charge in [0.25, 0.3) is 0 Å². The van der Waals surface area contributed by atoms with E-state index in [9.17, 15) is 5.11 Å². The Hall–Kier alpha value is -5.99. The summed E-state index contributed by atoms with van der Waals surface area (Å²) in [6.07, 6.45) is 9.25. The third-order valence-electron chi connectivity index (χ3n) is 14.4. The van der Waals surface area contributed by atoms with Crippen molar-refractivity contribution in [2.24, 2.45) is 4.99 Å². The molecule has 388 valence electrons. The van der Waals surface area contributed by atoms with E-state index in [-0.39, 0.29) is 12.1 Å². The van der Waals surface area contributed by atoms with Gasteiger partial charge in [0, 0.05) is 60.5 Å². The van der Waals surface area contributed by atoms with E-state index in [1.54, 1.807) is 25.4 Å². The quantitative estimate of drug-likeness (QED) is 0.0564. The number of methoxy groups -OCH3 is 1. The molecule has 0 amide bonds. The molecule has 3 aliphatic rings. The number of aliphatic hydroxyl groups is 1. The first-order chi connectivity index (χ1) is 35.4. The third kappa shape index (κ3) is 13.4. The van der Waals surface area contributed by atoms with Gasteiger partial charge in [-0.15, -0.1) is 21.5 Å². The van der Waals surface area contributed by atoms with Gasteiger partial charge in [-0.05, 0) is 168 Å². The van der Waals surface area contributed by atoms with E-state index >= 15 is 0 Å². The van der Waals surface area contributed by atoms with Gasteiger partial charge in [0.2, 0.25) is 0 Å². The molecule has 1 saturated heterocycles. The molecule has 3 unspecified atom stereocenters. The summed E-state index contributed by atoms with van der Waals surface area (Å²) in [6.45, 7) is 21.3. The highest BCUT2D eigenvalue weighted by atomic mass is 32.1. The van der Waals surface area contributed by atoms with Gasteiger partial charge in [0.05, 0.1) is 44.5 Å². The number of anilines is 1. The number of nitrogens with zero attached hydrogens (tertiary/aromatic N) is 6. The van der Waals surface area contributed by atoms with Crippen LogP contribution in [0, 0.1) is 20.8 Å². The van der Waals surface area contributed by atoms with E-state index in [4.69, 9.17) is 29.0 Å². The predicted octanol–water partition coefficient (Wildman–Crippen LogP) is 12.2. The maximum Gasteiger partial charge on any atom is 0.162 e. The van der Waals surface area contributed by atoms with E-state index in [1.165, 1.54) is 43.9 Å². The standard InChI is InChI=1S/C54H64N6O5S.C6H12O/c1-7-59(50-32-47(62-6)20-21-49(50)44-13-12-43-31-45(61)17-14-42(43)30-44)33-40-10-8-39(9-11-40)22-24-58-25-23-48(34-58)65-29-27-63-26-28-64-46-18-15-41(16-19-46)52-51-35(2)37(4)66-54(51)60-38(5)56-57-53(60)36(3)55-52;1-3-4-5-6(2)7/h8-11,14-21,31-32,36,44,48,61H,7,12-13,22-30,33-34H2,1-6H3;5,7H,3-4H2,1-2H3/b;6-5+. The monoisotopic (exact) mass is 1010 g/mol. The van der Waals surface area contributed by atoms with Crippen LogP contribution in [0.4, 0.5) is 5.69 Å². The number of unbranched alkanes of at least 4 members (excludes halogenated alkanes) is 1. The topological polar surface area (TPSA) is 127 Å². The Morgan fingerprint density at radius 3 is 2.38 bits per heavy atom. The van der Waals surface area contributed by atoms with Crippen molar-refractivity contribution in [1.29, 1.82) is 0 Å². The largest absolute Gasteiger partial charge is 0.513 e. The number of benzene rings is 4. The molecule has 13 heteroatoms. The Labute approximate surface area is 437 Å². The highest BCUT2D eigenvalue weighted by molar-refractivity contribution is 7.15. The average molecular weight is 1010 g/mol. The molecule has 4 heterocycles. The van der Waals surface area contributed by atoms with E-state index in [1.807, 2.05) is 37.3 Å². The van der Waals surface area contributed by atoms with E-state index in [2.05, 4.69) is 120 Å². The molecule has 2 aromatic heterocycles. The molecule has 0 spiro atoms. The number of aliphatic hydroxyl groups excluding tert-OH is 1. The minimum Gasteiger partial charge on any atom is -0.513 e. The maximum absolute atomic E-state index is 10.0. The van der Waals surface area contributed by atoms with Crippen LogP contribution >= 0.6 is 11.3 Å². The van der Waals surface area contributed by atoms with Crippen LogP contribution in [0.5, 0.6) is 17.2 Å². The minimum atomic E-state index is -0.114. The summed E-state index contributed by atoms with van der Waals surface area (Å²) in [5.41, 5.74) is 12.3. The lowest BCUT2D eigenvalue weighted by Gasteiger charge is -2.32. The van der Waals surface area contributed by atoms with Crippen LogP contribution in [0.1, 0.15) is 126 Å². The minimum absolute atomic E-state index is 0.114. The zero-order valence-corrected chi connectivity index (χ0v) is 45.1. The first-order valence-electron chi connectivity index (χ1n) is 26.3. The van der Waals surface area contributed by atoms with Crippen LogP contribution in [-0.2, 0) is 35.3 Å². The number of allylic oxidation sites excluding steroid dienone is 2. The number of ether oxygens (including phenoxy) is 4. The number of aromatic nitrogens is 3. The second-order valence-electron chi connectivity index (χ2n) is 19.7. The molecule has 6 aromatic rings. The highest BCUT2D eigenvalue weighted by Crippen LogP contribution is 2.41. The Balaban J connectivity index is 0.000000948. The number of likely N-dealkylation sites (tertiary alicyclic amines) is 1. The van der Waals surface area contributed by atoms with Gasteiger partial charge < -0.3 is 39.0 Å². The molecule has 3 atom stereocenters. The van der Waals surface area contributed by atoms with Crippen molar-refractivity contribution in [1.82, 2.24) is 19.7 Å². The van der Waals surface area contributed by atoms with Crippen LogP contribution in [0.3, 0.4) is 0 Å². The number of fused-ring (bicyclic) bond motifs is 4. The van der Waals surface area contributed by atoms with Crippen molar-refractivity contribution in [3.05, 3.63) is 158 Å². The maximum atomic E-state index is 10.0. The fraction of sp³-hybridized carbons (Fsp3) is 0.450. The van der Waals surface area contributed by atoms with Crippen molar-refractivity contribution >= 4 is 22.7 Å². The first kappa shape index (κ1) is 53.3. The zero-order chi connectivity index (χ0) is 51.4. The number of hydrogen-bond donors (Lipinski definition) is 2. The van der Waals surface area contributed by atoms with Gasteiger partial charge in [-0.3, -0.25) is 9.56 Å². The lowest BCUT2D eigenvalue weighted by Crippen LogP contribution is -2.26. The van der Waals surface area contributed by atoms with Gasteiger partial charge in [0.1, 0.15) is 40.7 Å². The molecular weight excluding hydrogens is 933 g/mol. The Morgan fingerprint density at radius 2 is 1.64 bits per heavy atom. The molecule has 1 fully saturated rings. The molecule has 1 aliphatic carbocycles. The smallest absolute Gasteiger partial charge is 0.162 e. The van der Waals surface area contributed by atoms with E-state index in [0.29, 0.717) is 43.9 Å². The molecule has 9 rings (SSSR count). The lowest BCUT2D eigenvalue weighted by atomic mass is 9.79. The van der Waals surface area contributed by atoms with Crippen molar-refractivity contribution in [2.75, 3.05) is 64.6 Å². The fourth-order valence-corrected chi connectivity index (χ4v) is 11.4. The number of aromatic hydroxyl groups is 1. The van der Waals surface area contributed by atoms with Crippen molar-refractivity contribution in [3.8, 4) is 22.2 Å². The molecule has 2 N–H and O–H groups in total. The van der Waals surface area contributed by atoms with Crippen LogP contribution in [0.15, 0.2) is 102 Å². The molecule has 0 radical (unpaired) electrons. The molecule has 0 saturated carbocycles. The Kier molecular flexibility index (Phi) is 18.5. The summed E-state index contributed by atoms with van der Waals surface area (Å²) < 4.78 is 26.0. The first-order valence-corrected chi connectivity index (χ1v) is 27.2. The average Bonchev–Trinajstić information content (AvgIpc) is 4.09. The summed E-state index contributed by atoms with van der Waals surface area (Å²) >= 11 is 1.77. The van der Waals surface area contributed by atoms with Gasteiger partial charge >= 0.3 is 0 Å². The number of phenolic OH excluding ortho intramolecular Hbond substituents is 1. The predicted molar refractivity (Wildman–Crippen MR) is 295 cm³/mol. The molecule has 2 aliphatic heterocycles. The summed E-state index contributed by atoms with van der Waals surface area (Å²) in [6, 6.07) is 29.7. The van der Waals surface area contributed by atoms with Crippen LogP contribution < -0.4 is 14.4 Å². The molecule has 4 aromatic carbocycles. The van der Waals surface area contributed by atoms with Gasteiger partial charge in [-0.1, -0.05) is 49.7 Å². The molecule has 0 bridgehead atoms. The third-order valence-corrected chi connectivity index (χ3v) is 15.6. The summed E-state index contributed by atoms with van der Waals surface area (Å²) in [5, 5.41) is 28.5. The van der Waals surface area contributed by atoms with Crippen molar-refractivity contribution in [2.45, 2.75) is 118 Å². The lowest BCUT2D eigenvalue weighted by molar-refractivity contribution is 0.00324. The molecule has 12 nitrogen and oxygen atoms in total. The Morgan fingerprint density at radius 1 is 0.877 bits per heavy atom. The van der Waals surface area contributed by atoms with E-state index < -0.39 is 0 Å². The zero-order valence-electron chi connectivity index (χ0n) is 44.3. The van der Waals surface area contributed by atoms with Crippen LogP contribution in [0.2, 0.25) is 0 Å². The number of aliphatic imine (C=N–C) groups is 1. The van der Waals surface area contributed by atoms with Crippen molar-refractivity contribution in [3.63, 3.8) is 0 Å². The van der Waals surface area contributed by atoms with E-state index in [0.717, 1.165) is 123 Å². The highest BCUT2D eigenvalue weighted by Gasteiger charge is 2.30. The van der Waals surface area contributed by atoms with Crippen LogP contribution in [-0.4, -0.2) is 101 Å². The van der Waals surface area contributed by atoms with Gasteiger partial charge in [0.15, 0.2) is 5.82 Å². The Bertz CT molecular complexity index is 2810. The number of rotatable bonds is 20. The number of aryl methyl sites for hydroxylation is 3. The van der Waals surface area contributed by atoms with Crippen molar-refractivity contribution < 1.29 is 29.2 Å². The second kappa shape index (κ2) is 25.3. The summed E-state index contributed by atoms with van der Waals surface area (Å²) in [5.74, 6) is 4.65. The number of hydrogen-bond acceptors (Lipinski definition) is 12. The second-order valence-corrected chi connectivity index (χ2v) is 20.9. The number of thiophene rings is 1. The van der Waals surface area contributed by atoms with Crippen LogP contribution in [0.25, 0.3) is 5.00 Å². The summed E-state index contributed by atoms with van der Waals surface area (Å²) in [7, 11) is 1.74. The van der Waals surface area contributed by atoms with Gasteiger partial charge in [-0.2, -0.15) is 0 Å². The number of phenols is 1. The molecule has 73 heavy (non-hydrogen) atoms. The van der Waals surface area contributed by atoms with Gasteiger partial charge in [-0.25, -0.2) is 0 Å².